The van der Waals surface area contributed by atoms with E-state index in [1.54, 1.807) is 16.8 Å². The number of aromatic nitrogens is 2. The zero-order valence-electron chi connectivity index (χ0n) is 18.1. The van der Waals surface area contributed by atoms with Crippen molar-refractivity contribution in [2.45, 2.75) is 51.8 Å². The average molecular weight is 422 g/mol. The molecule has 0 spiro atoms. The Morgan fingerprint density at radius 3 is 2.55 bits per heavy atom. The fourth-order valence-electron chi connectivity index (χ4n) is 4.22. The molecule has 6 heteroatoms. The van der Waals surface area contributed by atoms with E-state index >= 15 is 0 Å². The molecule has 4 rings (SSSR count). The van der Waals surface area contributed by atoms with Crippen molar-refractivity contribution >= 4 is 5.91 Å². The minimum Gasteiger partial charge on any atom is -0.489 e. The van der Waals surface area contributed by atoms with Crippen LogP contribution in [0.25, 0.3) is 0 Å². The lowest BCUT2D eigenvalue weighted by atomic mass is 10.1. The number of carbonyl (C=O) groups excluding carboxylic acids is 1. The molecule has 5 nitrogen and oxygen atoms in total. The van der Waals surface area contributed by atoms with E-state index in [4.69, 9.17) is 4.74 Å². The first-order valence-electron chi connectivity index (χ1n) is 10.8. The second-order valence-corrected chi connectivity index (χ2v) is 8.23. The highest BCUT2D eigenvalue weighted by Crippen LogP contribution is 2.27. The number of hydrogen-bond donors (Lipinski definition) is 0. The van der Waals surface area contributed by atoms with Gasteiger partial charge < -0.3 is 9.64 Å². The van der Waals surface area contributed by atoms with E-state index in [9.17, 15) is 9.18 Å². The van der Waals surface area contributed by atoms with Crippen LogP contribution in [0.5, 0.6) is 5.75 Å². The molecule has 1 amide bonds. The van der Waals surface area contributed by atoms with E-state index in [-0.39, 0.29) is 17.8 Å². The van der Waals surface area contributed by atoms with Gasteiger partial charge in [0.05, 0.1) is 5.69 Å². The van der Waals surface area contributed by atoms with Crippen molar-refractivity contribution in [3.8, 4) is 5.75 Å². The Hall–Kier alpha value is -3.15. The van der Waals surface area contributed by atoms with Crippen molar-refractivity contribution in [2.75, 3.05) is 0 Å². The summed E-state index contributed by atoms with van der Waals surface area (Å²) in [6.45, 7) is 2.80. The monoisotopic (exact) mass is 421 g/mol. The van der Waals surface area contributed by atoms with Crippen LogP contribution < -0.4 is 4.74 Å². The third kappa shape index (κ3) is 5.13. The molecule has 1 aromatic heterocycles. The Balaban J connectivity index is 1.50. The summed E-state index contributed by atoms with van der Waals surface area (Å²) in [4.78, 5) is 15.4. The molecule has 1 saturated carbocycles. The molecule has 0 N–H and O–H groups in total. The Morgan fingerprint density at radius 2 is 1.87 bits per heavy atom. The molecule has 1 heterocycles. The average Bonchev–Trinajstić information content (AvgIpc) is 3.41. The Labute approximate surface area is 182 Å². The SMILES string of the molecule is Cc1cc(C(=O)N(Cc2cccc(OCc3ccc(F)cc3)c2)C2CCCC2)n(C)n1. The first-order valence-corrected chi connectivity index (χ1v) is 10.8. The maximum Gasteiger partial charge on any atom is 0.272 e. The van der Waals surface area contributed by atoms with Gasteiger partial charge in [-0.05, 0) is 61.2 Å². The van der Waals surface area contributed by atoms with E-state index in [1.165, 1.54) is 12.1 Å². The minimum atomic E-state index is -0.258. The first kappa shape index (κ1) is 21.1. The standard InChI is InChI=1S/C25H28FN3O2/c1-18-14-24(28(2)27-18)25(30)29(22-7-3-4-8-22)16-20-6-5-9-23(15-20)31-17-19-10-12-21(26)13-11-19/h5-6,9-15,22H,3-4,7-8,16-17H2,1-2H3. The fourth-order valence-corrected chi connectivity index (χ4v) is 4.22. The largest absolute Gasteiger partial charge is 0.489 e. The summed E-state index contributed by atoms with van der Waals surface area (Å²) in [5, 5.41) is 4.35. The number of hydrogen-bond acceptors (Lipinski definition) is 3. The predicted octanol–water partition coefficient (Wildman–Crippen LogP) is 5.03. The molecule has 0 unspecified atom stereocenters. The molecule has 0 atom stereocenters. The Morgan fingerprint density at radius 1 is 1.13 bits per heavy atom. The normalized spacial score (nSPS) is 14.0. The first-order chi connectivity index (χ1) is 15.0. The summed E-state index contributed by atoms with van der Waals surface area (Å²) >= 11 is 0. The maximum atomic E-state index is 13.4. The highest BCUT2D eigenvalue weighted by molar-refractivity contribution is 5.93. The van der Waals surface area contributed by atoms with Gasteiger partial charge in [-0.2, -0.15) is 5.10 Å². The second-order valence-electron chi connectivity index (χ2n) is 8.23. The number of nitrogens with zero attached hydrogens (tertiary/aromatic N) is 3. The number of amides is 1. The van der Waals surface area contributed by atoms with Gasteiger partial charge in [-0.3, -0.25) is 9.48 Å². The van der Waals surface area contributed by atoms with Crippen molar-refractivity contribution in [3.05, 3.63) is 82.9 Å². The summed E-state index contributed by atoms with van der Waals surface area (Å²) in [6.07, 6.45) is 4.37. The van der Waals surface area contributed by atoms with Gasteiger partial charge in [-0.1, -0.05) is 37.1 Å². The maximum absolute atomic E-state index is 13.4. The molecular formula is C25H28FN3O2. The highest BCUT2D eigenvalue weighted by Gasteiger charge is 2.29. The second kappa shape index (κ2) is 9.33. The van der Waals surface area contributed by atoms with Gasteiger partial charge in [0.1, 0.15) is 23.9 Å². The number of carbonyl (C=O) groups is 1. The van der Waals surface area contributed by atoms with E-state index in [1.807, 2.05) is 49.2 Å². The third-order valence-electron chi connectivity index (χ3n) is 5.82. The number of halogens is 1. The number of rotatable bonds is 7. The van der Waals surface area contributed by atoms with Gasteiger partial charge in [0.25, 0.3) is 5.91 Å². The zero-order valence-corrected chi connectivity index (χ0v) is 18.1. The fraction of sp³-hybridized carbons (Fsp3) is 0.360. The van der Waals surface area contributed by atoms with Crippen molar-refractivity contribution in [3.63, 3.8) is 0 Å². The van der Waals surface area contributed by atoms with Gasteiger partial charge in [0.2, 0.25) is 0 Å². The molecule has 0 aliphatic heterocycles. The lowest BCUT2D eigenvalue weighted by molar-refractivity contribution is 0.0653. The molecule has 3 aromatic rings. The summed E-state index contributed by atoms with van der Waals surface area (Å²) < 4.78 is 20.7. The van der Waals surface area contributed by atoms with Crippen molar-refractivity contribution < 1.29 is 13.9 Å². The lowest BCUT2D eigenvalue weighted by Gasteiger charge is -2.29. The van der Waals surface area contributed by atoms with Crippen LogP contribution in [-0.4, -0.2) is 26.6 Å². The summed E-state index contributed by atoms with van der Waals surface area (Å²) in [6, 6.07) is 16.2. The minimum absolute atomic E-state index is 0.0210. The van der Waals surface area contributed by atoms with E-state index in [0.717, 1.165) is 48.3 Å². The van der Waals surface area contributed by atoms with Crippen LogP contribution in [0.3, 0.4) is 0 Å². The number of benzene rings is 2. The van der Waals surface area contributed by atoms with Crippen molar-refractivity contribution in [1.82, 2.24) is 14.7 Å². The van der Waals surface area contributed by atoms with Gasteiger partial charge in [0.15, 0.2) is 0 Å². The van der Waals surface area contributed by atoms with Gasteiger partial charge in [0, 0.05) is 19.6 Å². The molecule has 2 aromatic carbocycles. The van der Waals surface area contributed by atoms with Crippen LogP contribution in [0.4, 0.5) is 4.39 Å². The Bertz CT molecular complexity index is 1040. The molecule has 0 bridgehead atoms. The zero-order chi connectivity index (χ0) is 21.8. The van der Waals surface area contributed by atoms with Gasteiger partial charge in [-0.25, -0.2) is 4.39 Å². The number of aryl methyl sites for hydroxylation is 2. The topological polar surface area (TPSA) is 47.4 Å². The van der Waals surface area contributed by atoms with E-state index in [0.29, 0.717) is 18.8 Å². The smallest absolute Gasteiger partial charge is 0.272 e. The quantitative estimate of drug-likeness (QED) is 0.537. The van der Waals surface area contributed by atoms with Crippen LogP contribution in [0, 0.1) is 12.7 Å². The molecular weight excluding hydrogens is 393 g/mol. The predicted molar refractivity (Wildman–Crippen MR) is 117 cm³/mol. The molecule has 1 fully saturated rings. The highest BCUT2D eigenvalue weighted by atomic mass is 19.1. The lowest BCUT2D eigenvalue weighted by Crippen LogP contribution is -2.39. The third-order valence-corrected chi connectivity index (χ3v) is 5.82. The van der Waals surface area contributed by atoms with Gasteiger partial charge in [-0.15, -0.1) is 0 Å². The molecule has 1 aliphatic rings. The van der Waals surface area contributed by atoms with E-state index < -0.39 is 0 Å². The van der Waals surface area contributed by atoms with Crippen LogP contribution >= 0.6 is 0 Å². The van der Waals surface area contributed by atoms with Gasteiger partial charge >= 0.3 is 0 Å². The van der Waals surface area contributed by atoms with Crippen LogP contribution in [0.2, 0.25) is 0 Å². The molecule has 162 valence electrons. The molecule has 1 aliphatic carbocycles. The Kier molecular flexibility index (Phi) is 6.35. The van der Waals surface area contributed by atoms with Crippen molar-refractivity contribution in [2.24, 2.45) is 7.05 Å². The molecule has 0 radical (unpaired) electrons. The summed E-state index contributed by atoms with van der Waals surface area (Å²) in [5.74, 6) is 0.496. The summed E-state index contributed by atoms with van der Waals surface area (Å²) in [7, 11) is 1.82. The molecule has 0 saturated heterocycles. The van der Waals surface area contributed by atoms with Crippen molar-refractivity contribution in [1.29, 1.82) is 0 Å². The van der Waals surface area contributed by atoms with Crippen LogP contribution in [0.15, 0.2) is 54.6 Å². The van der Waals surface area contributed by atoms with E-state index in [2.05, 4.69) is 5.10 Å². The molecule has 31 heavy (non-hydrogen) atoms. The number of ether oxygens (including phenoxy) is 1. The van der Waals surface area contributed by atoms with Crippen LogP contribution in [0.1, 0.15) is 53.0 Å². The van der Waals surface area contributed by atoms with Crippen LogP contribution in [-0.2, 0) is 20.2 Å². The summed E-state index contributed by atoms with van der Waals surface area (Å²) in [5.41, 5.74) is 3.39.